The smallest absolute Gasteiger partial charge is 0.253 e. The molecule has 1 heterocycles. The Morgan fingerprint density at radius 2 is 2.05 bits per heavy atom. The topological polar surface area (TPSA) is 51.2 Å². The third kappa shape index (κ3) is 3.53. The first-order chi connectivity index (χ1) is 10.0. The molecule has 2 aromatic rings. The van der Waals surface area contributed by atoms with Crippen LogP contribution in [-0.2, 0) is 0 Å². The molecule has 21 heavy (non-hydrogen) atoms. The number of amides is 1. The molecule has 0 aliphatic rings. The van der Waals surface area contributed by atoms with Crippen LogP contribution in [0.4, 0.5) is 8.78 Å². The van der Waals surface area contributed by atoms with Gasteiger partial charge in [0.2, 0.25) is 5.88 Å². The lowest BCUT2D eigenvalue weighted by atomic mass is 10.1. The first-order valence-corrected chi connectivity index (χ1v) is 6.27. The van der Waals surface area contributed by atoms with E-state index in [2.05, 4.69) is 10.3 Å². The Morgan fingerprint density at radius 3 is 2.62 bits per heavy atom. The number of hydrogen-bond acceptors (Lipinski definition) is 3. The SMILES string of the molecule is COc1ccc(C(=O)NC(C)c2ccc(F)cc2F)cn1. The molecule has 0 aliphatic heterocycles. The summed E-state index contributed by atoms with van der Waals surface area (Å²) in [5, 5.41) is 2.63. The first-order valence-electron chi connectivity index (χ1n) is 6.27. The predicted octanol–water partition coefficient (Wildman–Crippen LogP) is 2.86. The Balaban J connectivity index is 2.10. The van der Waals surface area contributed by atoms with Gasteiger partial charge in [-0.3, -0.25) is 4.79 Å². The maximum atomic E-state index is 13.6. The highest BCUT2D eigenvalue weighted by atomic mass is 19.1. The van der Waals surface area contributed by atoms with Gasteiger partial charge in [-0.25, -0.2) is 13.8 Å². The summed E-state index contributed by atoms with van der Waals surface area (Å²) in [6.07, 6.45) is 1.36. The maximum absolute atomic E-state index is 13.6. The van der Waals surface area contributed by atoms with Crippen molar-refractivity contribution >= 4 is 5.91 Å². The van der Waals surface area contributed by atoms with Gasteiger partial charge in [-0.2, -0.15) is 0 Å². The van der Waals surface area contributed by atoms with Crippen molar-refractivity contribution in [3.05, 3.63) is 59.3 Å². The summed E-state index contributed by atoms with van der Waals surface area (Å²) >= 11 is 0. The van der Waals surface area contributed by atoms with Crippen LogP contribution in [0.2, 0.25) is 0 Å². The average molecular weight is 292 g/mol. The number of aromatic nitrogens is 1. The zero-order chi connectivity index (χ0) is 15.4. The minimum Gasteiger partial charge on any atom is -0.481 e. The van der Waals surface area contributed by atoms with Crippen molar-refractivity contribution in [2.45, 2.75) is 13.0 Å². The summed E-state index contributed by atoms with van der Waals surface area (Å²) in [7, 11) is 1.47. The Morgan fingerprint density at radius 1 is 1.29 bits per heavy atom. The van der Waals surface area contributed by atoms with Gasteiger partial charge >= 0.3 is 0 Å². The number of benzene rings is 1. The molecule has 1 atom stereocenters. The Labute approximate surface area is 120 Å². The van der Waals surface area contributed by atoms with Gasteiger partial charge in [0, 0.05) is 23.9 Å². The number of methoxy groups -OCH3 is 1. The van der Waals surface area contributed by atoms with E-state index in [0.717, 1.165) is 12.1 Å². The first kappa shape index (κ1) is 14.9. The second-order valence-corrected chi connectivity index (χ2v) is 4.45. The van der Waals surface area contributed by atoms with E-state index in [1.54, 1.807) is 19.1 Å². The molecule has 1 N–H and O–H groups in total. The zero-order valence-electron chi connectivity index (χ0n) is 11.6. The molecule has 0 fully saturated rings. The number of pyridine rings is 1. The molecule has 0 aliphatic carbocycles. The fourth-order valence-corrected chi connectivity index (χ4v) is 1.85. The summed E-state index contributed by atoms with van der Waals surface area (Å²) < 4.78 is 31.4. The van der Waals surface area contributed by atoms with E-state index in [9.17, 15) is 13.6 Å². The van der Waals surface area contributed by atoms with Crippen LogP contribution < -0.4 is 10.1 Å². The summed E-state index contributed by atoms with van der Waals surface area (Å²) in [6, 6.07) is 5.75. The van der Waals surface area contributed by atoms with Crippen LogP contribution in [0.1, 0.15) is 28.9 Å². The van der Waals surface area contributed by atoms with E-state index in [1.165, 1.54) is 19.4 Å². The van der Waals surface area contributed by atoms with Gasteiger partial charge in [0.15, 0.2) is 0 Å². The molecule has 0 radical (unpaired) electrons. The van der Waals surface area contributed by atoms with E-state index < -0.39 is 23.6 Å². The van der Waals surface area contributed by atoms with E-state index in [0.29, 0.717) is 11.4 Å². The van der Waals surface area contributed by atoms with Crippen LogP contribution in [0.25, 0.3) is 0 Å². The number of carbonyl (C=O) groups is 1. The molecule has 0 saturated carbocycles. The quantitative estimate of drug-likeness (QED) is 0.942. The number of hydrogen-bond donors (Lipinski definition) is 1. The lowest BCUT2D eigenvalue weighted by Gasteiger charge is -2.15. The van der Waals surface area contributed by atoms with Gasteiger partial charge < -0.3 is 10.1 Å². The van der Waals surface area contributed by atoms with Crippen molar-refractivity contribution in [2.75, 3.05) is 7.11 Å². The third-order valence-corrected chi connectivity index (χ3v) is 2.98. The highest BCUT2D eigenvalue weighted by Crippen LogP contribution is 2.18. The normalized spacial score (nSPS) is 11.8. The van der Waals surface area contributed by atoms with Crippen molar-refractivity contribution < 1.29 is 18.3 Å². The second kappa shape index (κ2) is 6.30. The van der Waals surface area contributed by atoms with E-state index in [1.807, 2.05) is 0 Å². The van der Waals surface area contributed by atoms with Crippen LogP contribution in [0.15, 0.2) is 36.5 Å². The molecule has 6 heteroatoms. The molecule has 1 aromatic heterocycles. The number of nitrogens with one attached hydrogen (secondary N) is 1. The van der Waals surface area contributed by atoms with Crippen LogP contribution >= 0.6 is 0 Å². The fraction of sp³-hybridized carbons (Fsp3) is 0.200. The molecule has 0 saturated heterocycles. The molecular formula is C15H14F2N2O2. The summed E-state index contributed by atoms with van der Waals surface area (Å²) in [5.74, 6) is -1.37. The van der Waals surface area contributed by atoms with Gasteiger partial charge in [-0.15, -0.1) is 0 Å². The number of ether oxygens (including phenoxy) is 1. The number of rotatable bonds is 4. The van der Waals surface area contributed by atoms with Crippen molar-refractivity contribution in [1.29, 1.82) is 0 Å². The Hall–Kier alpha value is -2.50. The molecule has 110 valence electrons. The number of halogens is 2. The Bertz CT molecular complexity index is 645. The van der Waals surface area contributed by atoms with Gasteiger partial charge in [-0.05, 0) is 19.1 Å². The van der Waals surface area contributed by atoms with E-state index in [4.69, 9.17) is 4.74 Å². The largest absolute Gasteiger partial charge is 0.481 e. The average Bonchev–Trinajstić information content (AvgIpc) is 2.47. The van der Waals surface area contributed by atoms with Crippen LogP contribution in [0.3, 0.4) is 0 Å². The predicted molar refractivity (Wildman–Crippen MR) is 73.0 cm³/mol. The minimum atomic E-state index is -0.698. The van der Waals surface area contributed by atoms with Crippen molar-refractivity contribution in [3.8, 4) is 5.88 Å². The van der Waals surface area contributed by atoms with Gasteiger partial charge in [-0.1, -0.05) is 6.07 Å². The second-order valence-electron chi connectivity index (χ2n) is 4.45. The standard InChI is InChI=1S/C15H14F2N2O2/c1-9(12-5-4-11(16)7-13(12)17)19-15(20)10-3-6-14(21-2)18-8-10/h3-9H,1-2H3,(H,19,20). The Kier molecular flexibility index (Phi) is 4.47. The molecule has 1 aromatic carbocycles. The van der Waals surface area contributed by atoms with Gasteiger partial charge in [0.25, 0.3) is 5.91 Å². The molecular weight excluding hydrogens is 278 g/mol. The molecule has 0 spiro atoms. The lowest BCUT2D eigenvalue weighted by Crippen LogP contribution is -2.27. The summed E-state index contributed by atoms with van der Waals surface area (Å²) in [4.78, 5) is 15.9. The molecule has 0 bridgehead atoms. The van der Waals surface area contributed by atoms with E-state index >= 15 is 0 Å². The zero-order valence-corrected chi connectivity index (χ0v) is 11.6. The molecule has 4 nitrogen and oxygen atoms in total. The van der Waals surface area contributed by atoms with Crippen LogP contribution in [0, 0.1) is 11.6 Å². The van der Waals surface area contributed by atoms with Crippen LogP contribution in [-0.4, -0.2) is 18.0 Å². The summed E-state index contributed by atoms with van der Waals surface area (Å²) in [6.45, 7) is 1.62. The lowest BCUT2D eigenvalue weighted by molar-refractivity contribution is 0.0939. The fourth-order valence-electron chi connectivity index (χ4n) is 1.85. The number of nitrogens with zero attached hydrogens (tertiary/aromatic N) is 1. The molecule has 1 unspecified atom stereocenters. The highest BCUT2D eigenvalue weighted by molar-refractivity contribution is 5.94. The molecule has 1 amide bonds. The van der Waals surface area contributed by atoms with Crippen molar-refractivity contribution in [3.63, 3.8) is 0 Å². The van der Waals surface area contributed by atoms with Crippen molar-refractivity contribution in [2.24, 2.45) is 0 Å². The minimum absolute atomic E-state index is 0.214. The van der Waals surface area contributed by atoms with E-state index in [-0.39, 0.29) is 5.56 Å². The number of carbonyl (C=O) groups excluding carboxylic acids is 1. The van der Waals surface area contributed by atoms with Crippen LogP contribution in [0.5, 0.6) is 5.88 Å². The van der Waals surface area contributed by atoms with Crippen molar-refractivity contribution in [1.82, 2.24) is 10.3 Å². The summed E-state index contributed by atoms with van der Waals surface area (Å²) in [5.41, 5.74) is 0.538. The monoisotopic (exact) mass is 292 g/mol. The third-order valence-electron chi connectivity index (χ3n) is 2.98. The van der Waals surface area contributed by atoms with Gasteiger partial charge in [0.1, 0.15) is 11.6 Å². The maximum Gasteiger partial charge on any atom is 0.253 e. The highest BCUT2D eigenvalue weighted by Gasteiger charge is 2.15. The molecule has 2 rings (SSSR count). The van der Waals surface area contributed by atoms with Gasteiger partial charge in [0.05, 0.1) is 18.7 Å².